The molecule has 1 rings (SSSR count). The fourth-order valence-electron chi connectivity index (χ4n) is 1.08. The maximum Gasteiger partial charge on any atom is 0.318 e. The number of hydrogen-bond donors (Lipinski definition) is 4. The zero-order valence-electron chi connectivity index (χ0n) is 8.84. The number of hydrazone groups is 1. The van der Waals surface area contributed by atoms with Gasteiger partial charge < -0.3 is 16.5 Å². The standard InChI is InChI=1S/C9H14N6O/c1-12-9(16)14-7-3-2-4-8(5-7)15(11)6-13-10/h2-6H,10-11H2,1H3,(H2,12,14,16)/b13-6-. The normalized spacial score (nSPS) is 10.1. The lowest BCUT2D eigenvalue weighted by molar-refractivity contribution is 0.254. The maximum atomic E-state index is 11.1. The average molecular weight is 222 g/mol. The van der Waals surface area contributed by atoms with Crippen LogP contribution in [0, 0.1) is 0 Å². The van der Waals surface area contributed by atoms with E-state index in [2.05, 4.69) is 15.7 Å². The molecule has 0 spiro atoms. The van der Waals surface area contributed by atoms with E-state index in [-0.39, 0.29) is 6.03 Å². The van der Waals surface area contributed by atoms with E-state index in [0.717, 1.165) is 0 Å². The van der Waals surface area contributed by atoms with Crippen molar-refractivity contribution in [2.45, 2.75) is 0 Å². The zero-order valence-corrected chi connectivity index (χ0v) is 8.84. The molecule has 0 aromatic heterocycles. The van der Waals surface area contributed by atoms with Gasteiger partial charge in [0.2, 0.25) is 0 Å². The fourth-order valence-corrected chi connectivity index (χ4v) is 1.08. The second kappa shape index (κ2) is 5.56. The topological polar surface area (TPSA) is 109 Å². The fraction of sp³-hybridized carbons (Fsp3) is 0.111. The van der Waals surface area contributed by atoms with Crippen molar-refractivity contribution in [1.29, 1.82) is 0 Å². The van der Waals surface area contributed by atoms with Gasteiger partial charge in [0, 0.05) is 12.7 Å². The Morgan fingerprint density at radius 3 is 2.94 bits per heavy atom. The molecule has 0 aliphatic rings. The molecule has 16 heavy (non-hydrogen) atoms. The van der Waals surface area contributed by atoms with Crippen LogP contribution in [0.15, 0.2) is 29.4 Å². The molecule has 0 saturated heterocycles. The number of hydrogen-bond acceptors (Lipinski definition) is 4. The molecular weight excluding hydrogens is 208 g/mol. The van der Waals surface area contributed by atoms with Gasteiger partial charge in [-0.25, -0.2) is 10.6 Å². The van der Waals surface area contributed by atoms with E-state index in [1.165, 1.54) is 18.4 Å². The highest BCUT2D eigenvalue weighted by Crippen LogP contribution is 2.16. The Hall–Kier alpha value is -2.28. The number of nitrogens with one attached hydrogen (secondary N) is 2. The lowest BCUT2D eigenvalue weighted by Gasteiger charge is -2.13. The van der Waals surface area contributed by atoms with Crippen LogP contribution in [0.25, 0.3) is 0 Å². The van der Waals surface area contributed by atoms with E-state index in [4.69, 9.17) is 11.7 Å². The summed E-state index contributed by atoms with van der Waals surface area (Å²) in [5, 5.41) is 9.61. The summed E-state index contributed by atoms with van der Waals surface area (Å²) in [6, 6.07) is 6.65. The van der Waals surface area contributed by atoms with E-state index >= 15 is 0 Å². The van der Waals surface area contributed by atoms with Crippen LogP contribution in [0.3, 0.4) is 0 Å². The third kappa shape index (κ3) is 3.14. The number of carbonyl (C=O) groups excluding carboxylic acids is 1. The van der Waals surface area contributed by atoms with Crippen LogP contribution < -0.4 is 27.3 Å². The summed E-state index contributed by atoms with van der Waals surface area (Å²) in [6.07, 6.45) is 1.26. The van der Waals surface area contributed by atoms with Gasteiger partial charge >= 0.3 is 6.03 Å². The first-order chi connectivity index (χ1) is 7.67. The molecule has 0 saturated carbocycles. The monoisotopic (exact) mass is 222 g/mol. The number of carbonyl (C=O) groups is 1. The van der Waals surface area contributed by atoms with Gasteiger partial charge in [0.05, 0.1) is 5.69 Å². The molecule has 6 N–H and O–H groups in total. The van der Waals surface area contributed by atoms with Gasteiger partial charge in [-0.05, 0) is 18.2 Å². The summed E-state index contributed by atoms with van der Waals surface area (Å²) in [7, 11) is 1.54. The van der Waals surface area contributed by atoms with Crippen LogP contribution >= 0.6 is 0 Å². The number of benzene rings is 1. The van der Waals surface area contributed by atoms with Gasteiger partial charge in [-0.3, -0.25) is 5.01 Å². The van der Waals surface area contributed by atoms with Crippen molar-refractivity contribution < 1.29 is 4.79 Å². The highest BCUT2D eigenvalue weighted by atomic mass is 16.2. The van der Waals surface area contributed by atoms with E-state index in [1.807, 2.05) is 0 Å². The molecule has 1 aromatic carbocycles. The van der Waals surface area contributed by atoms with Crippen molar-refractivity contribution in [3.63, 3.8) is 0 Å². The summed E-state index contributed by atoms with van der Waals surface area (Å²) in [5.41, 5.74) is 1.28. The molecule has 0 unspecified atom stereocenters. The van der Waals surface area contributed by atoms with Gasteiger partial charge in [-0.2, -0.15) is 5.10 Å². The highest BCUT2D eigenvalue weighted by Gasteiger charge is 2.02. The molecule has 0 atom stereocenters. The Morgan fingerprint density at radius 2 is 2.31 bits per heavy atom. The Balaban J connectivity index is 2.82. The van der Waals surface area contributed by atoms with E-state index in [0.29, 0.717) is 11.4 Å². The van der Waals surface area contributed by atoms with E-state index in [1.54, 1.807) is 24.3 Å². The minimum atomic E-state index is -0.298. The largest absolute Gasteiger partial charge is 0.341 e. The maximum absolute atomic E-state index is 11.1. The molecule has 86 valence electrons. The first kappa shape index (κ1) is 11.8. The van der Waals surface area contributed by atoms with Crippen LogP contribution in [0.4, 0.5) is 16.2 Å². The number of anilines is 2. The van der Waals surface area contributed by atoms with Crippen molar-refractivity contribution in [3.05, 3.63) is 24.3 Å². The first-order valence-electron chi connectivity index (χ1n) is 4.53. The highest BCUT2D eigenvalue weighted by molar-refractivity contribution is 5.90. The molecule has 0 bridgehead atoms. The zero-order chi connectivity index (χ0) is 12.0. The summed E-state index contributed by atoms with van der Waals surface area (Å²) in [5.74, 6) is 10.6. The lowest BCUT2D eigenvalue weighted by Crippen LogP contribution is -2.30. The van der Waals surface area contributed by atoms with Crippen molar-refractivity contribution in [1.82, 2.24) is 5.32 Å². The number of nitrogens with two attached hydrogens (primary N) is 2. The van der Waals surface area contributed by atoms with Gasteiger partial charge in [-0.1, -0.05) is 6.07 Å². The van der Waals surface area contributed by atoms with E-state index < -0.39 is 0 Å². The SMILES string of the molecule is CNC(=O)Nc1cccc(N(N)/C=N\N)c1. The average Bonchev–Trinajstić information content (AvgIpc) is 2.29. The van der Waals surface area contributed by atoms with Crippen molar-refractivity contribution in [2.75, 3.05) is 17.4 Å². The molecule has 0 heterocycles. The summed E-state index contributed by atoms with van der Waals surface area (Å²) in [6.45, 7) is 0. The second-order valence-corrected chi connectivity index (χ2v) is 2.93. The number of amides is 2. The molecule has 0 radical (unpaired) electrons. The quantitative estimate of drug-likeness (QED) is 0.250. The van der Waals surface area contributed by atoms with Crippen molar-refractivity contribution >= 4 is 23.7 Å². The molecule has 0 aliphatic heterocycles. The minimum absolute atomic E-state index is 0.298. The van der Waals surface area contributed by atoms with E-state index in [9.17, 15) is 4.79 Å². The Morgan fingerprint density at radius 1 is 1.56 bits per heavy atom. The van der Waals surface area contributed by atoms with Gasteiger partial charge in [0.1, 0.15) is 6.34 Å². The third-order valence-corrected chi connectivity index (χ3v) is 1.82. The first-order valence-corrected chi connectivity index (χ1v) is 4.53. The summed E-state index contributed by atoms with van der Waals surface area (Å²) in [4.78, 5) is 11.1. The lowest BCUT2D eigenvalue weighted by atomic mass is 10.3. The Labute approximate surface area is 93.1 Å². The van der Waals surface area contributed by atoms with Gasteiger partial charge in [-0.15, -0.1) is 0 Å². The predicted octanol–water partition coefficient (Wildman–Crippen LogP) is 0.0200. The number of hydrazine groups is 1. The van der Waals surface area contributed by atoms with Crippen LogP contribution in [0.2, 0.25) is 0 Å². The third-order valence-electron chi connectivity index (χ3n) is 1.82. The number of urea groups is 1. The van der Waals surface area contributed by atoms with Crippen LogP contribution in [0.5, 0.6) is 0 Å². The van der Waals surface area contributed by atoms with Crippen LogP contribution in [-0.4, -0.2) is 19.4 Å². The van der Waals surface area contributed by atoms with Crippen molar-refractivity contribution in [3.8, 4) is 0 Å². The van der Waals surface area contributed by atoms with Crippen LogP contribution in [-0.2, 0) is 0 Å². The molecule has 0 fully saturated rings. The molecule has 0 aliphatic carbocycles. The van der Waals surface area contributed by atoms with Gasteiger partial charge in [0.25, 0.3) is 0 Å². The Kier molecular flexibility index (Phi) is 4.10. The summed E-state index contributed by atoms with van der Waals surface area (Å²) >= 11 is 0. The molecule has 1 aromatic rings. The smallest absolute Gasteiger partial charge is 0.318 e. The molecule has 7 nitrogen and oxygen atoms in total. The van der Waals surface area contributed by atoms with Gasteiger partial charge in [0.15, 0.2) is 0 Å². The van der Waals surface area contributed by atoms with Crippen LogP contribution in [0.1, 0.15) is 0 Å². The Bertz CT molecular complexity index is 391. The number of rotatable bonds is 3. The molecule has 2 amide bonds. The molecule has 7 heteroatoms. The summed E-state index contributed by atoms with van der Waals surface area (Å²) < 4.78 is 0. The van der Waals surface area contributed by atoms with Crippen molar-refractivity contribution in [2.24, 2.45) is 16.8 Å². The second-order valence-electron chi connectivity index (χ2n) is 2.93. The molecular formula is C9H14N6O. The predicted molar refractivity (Wildman–Crippen MR) is 63.9 cm³/mol. The minimum Gasteiger partial charge on any atom is -0.341 e. The number of nitrogens with zero attached hydrogens (tertiary/aromatic N) is 2.